The van der Waals surface area contributed by atoms with Gasteiger partial charge in [-0.25, -0.2) is 14.1 Å². The van der Waals surface area contributed by atoms with Gasteiger partial charge in [-0.15, -0.1) is 11.3 Å². The van der Waals surface area contributed by atoms with Crippen LogP contribution in [-0.2, 0) is 11.2 Å². The molecule has 29 heavy (non-hydrogen) atoms. The number of hydrogen-bond donors (Lipinski definition) is 1. The molecule has 2 aromatic carbocycles. The summed E-state index contributed by atoms with van der Waals surface area (Å²) >= 11 is 1.45. The topological polar surface area (TPSA) is 59.8 Å². The normalized spacial score (nSPS) is 10.9. The number of aromatic nitrogens is 3. The maximum Gasteiger partial charge on any atom is 0.228 e. The molecule has 0 bridgehead atoms. The Morgan fingerprint density at radius 2 is 1.83 bits per heavy atom. The molecule has 0 aliphatic rings. The van der Waals surface area contributed by atoms with Crippen LogP contribution in [0.15, 0.2) is 60.0 Å². The molecule has 0 fully saturated rings. The summed E-state index contributed by atoms with van der Waals surface area (Å²) in [7, 11) is 0. The SMILES string of the molecule is Cc1nn(-c2nc(-c3ccc(F)cc3)cs2)c(C)c1CC(=O)Nc1ccccc1. The second kappa shape index (κ2) is 7.97. The third-order valence-corrected chi connectivity index (χ3v) is 5.47. The van der Waals surface area contributed by atoms with Crippen molar-refractivity contribution in [3.8, 4) is 16.4 Å². The number of amides is 1. The molecule has 0 spiro atoms. The molecule has 0 unspecified atom stereocenters. The van der Waals surface area contributed by atoms with Crippen molar-refractivity contribution in [1.82, 2.24) is 14.8 Å². The minimum Gasteiger partial charge on any atom is -0.326 e. The number of benzene rings is 2. The van der Waals surface area contributed by atoms with E-state index in [-0.39, 0.29) is 18.1 Å². The number of anilines is 1. The first-order valence-electron chi connectivity index (χ1n) is 9.13. The Kier molecular flexibility index (Phi) is 5.22. The fourth-order valence-corrected chi connectivity index (χ4v) is 3.95. The average molecular weight is 406 g/mol. The number of nitrogens with zero attached hydrogens (tertiary/aromatic N) is 3. The highest BCUT2D eigenvalue weighted by Crippen LogP contribution is 2.26. The highest BCUT2D eigenvalue weighted by molar-refractivity contribution is 7.12. The molecule has 0 atom stereocenters. The van der Waals surface area contributed by atoms with E-state index in [4.69, 9.17) is 0 Å². The molecule has 0 saturated carbocycles. The summed E-state index contributed by atoms with van der Waals surface area (Å²) in [6.45, 7) is 3.83. The largest absolute Gasteiger partial charge is 0.326 e. The Hall–Kier alpha value is -3.32. The van der Waals surface area contributed by atoms with E-state index in [2.05, 4.69) is 15.4 Å². The number of halogens is 1. The van der Waals surface area contributed by atoms with Crippen LogP contribution in [0.25, 0.3) is 16.4 Å². The second-order valence-electron chi connectivity index (χ2n) is 6.67. The molecule has 4 rings (SSSR count). The zero-order chi connectivity index (χ0) is 20.4. The molecule has 1 N–H and O–H groups in total. The van der Waals surface area contributed by atoms with Crippen molar-refractivity contribution < 1.29 is 9.18 Å². The van der Waals surface area contributed by atoms with Gasteiger partial charge in [0.05, 0.1) is 17.8 Å². The molecule has 0 aliphatic carbocycles. The highest BCUT2D eigenvalue weighted by atomic mass is 32.1. The smallest absolute Gasteiger partial charge is 0.228 e. The first kappa shape index (κ1) is 19.0. The van der Waals surface area contributed by atoms with Crippen LogP contribution in [0.1, 0.15) is 17.0 Å². The molecule has 5 nitrogen and oxygen atoms in total. The molecular weight excluding hydrogens is 387 g/mol. The first-order chi connectivity index (χ1) is 14.0. The summed E-state index contributed by atoms with van der Waals surface area (Å²) in [6.07, 6.45) is 0.239. The Balaban J connectivity index is 1.56. The van der Waals surface area contributed by atoms with Gasteiger partial charge < -0.3 is 5.32 Å². The quantitative estimate of drug-likeness (QED) is 0.511. The zero-order valence-electron chi connectivity index (χ0n) is 16.0. The molecule has 2 aromatic heterocycles. The van der Waals surface area contributed by atoms with Gasteiger partial charge in [0.1, 0.15) is 5.82 Å². The minimum absolute atomic E-state index is 0.0897. The van der Waals surface area contributed by atoms with Crippen molar-refractivity contribution in [2.45, 2.75) is 20.3 Å². The van der Waals surface area contributed by atoms with Gasteiger partial charge >= 0.3 is 0 Å². The summed E-state index contributed by atoms with van der Waals surface area (Å²) in [5.41, 5.74) is 4.94. The van der Waals surface area contributed by atoms with Gasteiger partial charge in [0.15, 0.2) is 0 Å². The summed E-state index contributed by atoms with van der Waals surface area (Å²) in [4.78, 5) is 17.1. The van der Waals surface area contributed by atoms with Gasteiger partial charge in [0, 0.05) is 27.9 Å². The molecule has 4 aromatic rings. The number of hydrogen-bond acceptors (Lipinski definition) is 4. The average Bonchev–Trinajstić information content (AvgIpc) is 3.30. The van der Waals surface area contributed by atoms with E-state index in [0.717, 1.165) is 33.9 Å². The lowest BCUT2D eigenvalue weighted by Gasteiger charge is -2.05. The van der Waals surface area contributed by atoms with Crippen molar-refractivity contribution in [3.05, 3.63) is 82.7 Å². The maximum atomic E-state index is 13.1. The Labute approximate surface area is 171 Å². The van der Waals surface area contributed by atoms with E-state index >= 15 is 0 Å². The van der Waals surface area contributed by atoms with Crippen molar-refractivity contribution in [2.24, 2.45) is 0 Å². The Bertz CT molecular complexity index is 1150. The number of para-hydroxylation sites is 1. The van der Waals surface area contributed by atoms with Gasteiger partial charge in [0.2, 0.25) is 11.0 Å². The molecule has 7 heteroatoms. The van der Waals surface area contributed by atoms with E-state index < -0.39 is 0 Å². The van der Waals surface area contributed by atoms with Crippen LogP contribution in [0.5, 0.6) is 0 Å². The van der Waals surface area contributed by atoms with Crippen LogP contribution < -0.4 is 5.32 Å². The van der Waals surface area contributed by atoms with Gasteiger partial charge in [-0.2, -0.15) is 5.10 Å². The summed E-state index contributed by atoms with van der Waals surface area (Å²) in [5.74, 6) is -0.366. The fourth-order valence-electron chi connectivity index (χ4n) is 3.12. The van der Waals surface area contributed by atoms with Crippen molar-refractivity contribution in [1.29, 1.82) is 0 Å². The van der Waals surface area contributed by atoms with Gasteiger partial charge in [-0.3, -0.25) is 4.79 Å². The minimum atomic E-state index is -0.277. The van der Waals surface area contributed by atoms with Crippen molar-refractivity contribution in [3.63, 3.8) is 0 Å². The van der Waals surface area contributed by atoms with Crippen molar-refractivity contribution in [2.75, 3.05) is 5.32 Å². The first-order valence-corrected chi connectivity index (χ1v) is 10.0. The van der Waals surface area contributed by atoms with Crippen LogP contribution in [0.3, 0.4) is 0 Å². The molecular formula is C22H19FN4OS. The molecule has 1 amide bonds. The predicted octanol–water partition coefficient (Wildman–Crippen LogP) is 4.93. The number of aryl methyl sites for hydroxylation is 1. The van der Waals surface area contributed by atoms with Crippen LogP contribution >= 0.6 is 11.3 Å². The lowest BCUT2D eigenvalue weighted by Crippen LogP contribution is -2.15. The fraction of sp³-hybridized carbons (Fsp3) is 0.136. The third-order valence-electron chi connectivity index (χ3n) is 4.65. The van der Waals surface area contributed by atoms with E-state index in [1.54, 1.807) is 16.8 Å². The molecule has 146 valence electrons. The number of carbonyl (C=O) groups is 1. The summed E-state index contributed by atoms with van der Waals surface area (Å²) < 4.78 is 14.9. The number of carbonyl (C=O) groups excluding carboxylic acids is 1. The van der Waals surface area contributed by atoms with Gasteiger partial charge in [-0.1, -0.05) is 18.2 Å². The van der Waals surface area contributed by atoms with Crippen molar-refractivity contribution >= 4 is 22.9 Å². The molecule has 0 aliphatic heterocycles. The second-order valence-corrected chi connectivity index (χ2v) is 7.51. The van der Waals surface area contributed by atoms with Crippen LogP contribution in [0.4, 0.5) is 10.1 Å². The van der Waals surface area contributed by atoms with E-state index in [9.17, 15) is 9.18 Å². The van der Waals surface area contributed by atoms with Crippen LogP contribution in [0, 0.1) is 19.7 Å². The molecule has 2 heterocycles. The number of nitrogens with one attached hydrogen (secondary N) is 1. The third kappa shape index (κ3) is 4.09. The summed E-state index contributed by atoms with van der Waals surface area (Å²) in [6, 6.07) is 15.6. The van der Waals surface area contributed by atoms with Gasteiger partial charge in [-0.05, 0) is 50.2 Å². The Morgan fingerprint density at radius 3 is 2.55 bits per heavy atom. The van der Waals surface area contributed by atoms with E-state index in [0.29, 0.717) is 5.13 Å². The monoisotopic (exact) mass is 406 g/mol. The van der Waals surface area contributed by atoms with E-state index in [1.165, 1.54) is 23.5 Å². The maximum absolute atomic E-state index is 13.1. The lowest BCUT2D eigenvalue weighted by molar-refractivity contribution is -0.115. The summed E-state index contributed by atoms with van der Waals surface area (Å²) in [5, 5.41) is 10.1. The lowest BCUT2D eigenvalue weighted by atomic mass is 10.1. The highest BCUT2D eigenvalue weighted by Gasteiger charge is 2.18. The zero-order valence-corrected chi connectivity index (χ0v) is 16.8. The number of rotatable bonds is 5. The van der Waals surface area contributed by atoms with Gasteiger partial charge in [0.25, 0.3) is 0 Å². The standard InChI is InChI=1S/C22H19FN4OS/c1-14-19(12-21(28)24-18-6-4-3-5-7-18)15(2)27(26-14)22-25-20(13-29-22)16-8-10-17(23)11-9-16/h3-11,13H,12H2,1-2H3,(H,24,28). The predicted molar refractivity (Wildman–Crippen MR) is 113 cm³/mol. The molecule has 0 saturated heterocycles. The Morgan fingerprint density at radius 1 is 1.10 bits per heavy atom. The number of thiazole rings is 1. The molecule has 0 radical (unpaired) electrons. The van der Waals surface area contributed by atoms with Crippen LogP contribution in [-0.4, -0.2) is 20.7 Å². The van der Waals surface area contributed by atoms with E-state index in [1.807, 2.05) is 49.6 Å². The van der Waals surface area contributed by atoms with Crippen LogP contribution in [0.2, 0.25) is 0 Å².